The van der Waals surface area contributed by atoms with Crippen molar-refractivity contribution in [2.75, 3.05) is 10.6 Å². The number of hydrogen-bond donors (Lipinski definition) is 2. The number of ether oxygens (including phenoxy) is 1. The maximum absolute atomic E-state index is 11.8. The summed E-state index contributed by atoms with van der Waals surface area (Å²) in [5, 5.41) is 7.46. The van der Waals surface area contributed by atoms with Crippen LogP contribution < -0.4 is 15.4 Å². The number of rotatable bonds is 8. The van der Waals surface area contributed by atoms with E-state index in [2.05, 4.69) is 10.6 Å². The molecule has 0 aliphatic heterocycles. The maximum Gasteiger partial charge on any atom is 0.226 e. The Morgan fingerprint density at radius 2 is 1.70 bits per heavy atom. The summed E-state index contributed by atoms with van der Waals surface area (Å²) in [5.41, 5.74) is 3.73. The van der Waals surface area contributed by atoms with Crippen LogP contribution in [-0.2, 0) is 17.9 Å². The molecule has 0 radical (unpaired) electrons. The fourth-order valence-electron chi connectivity index (χ4n) is 2.71. The van der Waals surface area contributed by atoms with Gasteiger partial charge in [-0.2, -0.15) is 0 Å². The van der Waals surface area contributed by atoms with Crippen molar-refractivity contribution >= 4 is 40.5 Å². The van der Waals surface area contributed by atoms with E-state index in [-0.39, 0.29) is 11.8 Å². The topological polar surface area (TPSA) is 50.4 Å². The van der Waals surface area contributed by atoms with Crippen molar-refractivity contribution in [1.82, 2.24) is 0 Å². The van der Waals surface area contributed by atoms with Crippen LogP contribution in [-0.4, -0.2) is 5.91 Å². The second kappa shape index (κ2) is 10.4. The van der Waals surface area contributed by atoms with Crippen LogP contribution in [0.3, 0.4) is 0 Å². The molecule has 0 unspecified atom stereocenters. The van der Waals surface area contributed by atoms with Gasteiger partial charge in [0.05, 0.1) is 0 Å². The lowest BCUT2D eigenvalue weighted by atomic mass is 10.2. The molecule has 156 valence electrons. The molecule has 0 atom stereocenters. The highest BCUT2D eigenvalue weighted by Gasteiger charge is 2.07. The van der Waals surface area contributed by atoms with Crippen molar-refractivity contribution in [2.24, 2.45) is 5.92 Å². The van der Waals surface area contributed by atoms with Crippen LogP contribution in [0.2, 0.25) is 10.0 Å². The normalized spacial score (nSPS) is 10.7. The zero-order valence-electron chi connectivity index (χ0n) is 16.9. The lowest BCUT2D eigenvalue weighted by Gasteiger charge is -2.12. The summed E-state index contributed by atoms with van der Waals surface area (Å²) in [5.74, 6) is 0.729. The third-order valence-electron chi connectivity index (χ3n) is 4.48. The van der Waals surface area contributed by atoms with Gasteiger partial charge in [-0.05, 0) is 54.1 Å². The highest BCUT2D eigenvalue weighted by Crippen LogP contribution is 2.23. The molecule has 0 fully saturated rings. The lowest BCUT2D eigenvalue weighted by Crippen LogP contribution is -2.17. The van der Waals surface area contributed by atoms with Gasteiger partial charge >= 0.3 is 0 Å². The maximum atomic E-state index is 11.8. The minimum absolute atomic E-state index is 0.00686. The van der Waals surface area contributed by atoms with Gasteiger partial charge in [0.1, 0.15) is 12.4 Å². The van der Waals surface area contributed by atoms with Crippen molar-refractivity contribution in [3.63, 3.8) is 0 Å². The van der Waals surface area contributed by atoms with Crippen molar-refractivity contribution in [3.8, 4) is 5.75 Å². The summed E-state index contributed by atoms with van der Waals surface area (Å²) in [7, 11) is 0. The SMILES string of the molecule is CC(C)C(=O)Nc1ccc(NCc2cccc(OCc3ccc(Cl)cc3Cl)c2)cc1. The van der Waals surface area contributed by atoms with Crippen molar-refractivity contribution < 1.29 is 9.53 Å². The Labute approximate surface area is 187 Å². The van der Waals surface area contributed by atoms with E-state index < -0.39 is 0 Å². The standard InChI is InChI=1S/C24H24Cl2N2O2/c1-16(2)24(29)28-21-10-8-20(9-11-21)27-14-17-4-3-5-22(12-17)30-15-18-6-7-19(25)13-23(18)26/h3-13,16,27H,14-15H2,1-2H3,(H,28,29). The molecule has 0 spiro atoms. The Hall–Kier alpha value is -2.69. The molecule has 0 bridgehead atoms. The zero-order chi connectivity index (χ0) is 21.5. The van der Waals surface area contributed by atoms with Gasteiger partial charge in [-0.15, -0.1) is 0 Å². The predicted octanol–water partition coefficient (Wildman–Crippen LogP) is 6.78. The van der Waals surface area contributed by atoms with Gasteiger partial charge in [-0.1, -0.05) is 55.2 Å². The smallest absolute Gasteiger partial charge is 0.226 e. The van der Waals surface area contributed by atoms with E-state index in [1.54, 1.807) is 12.1 Å². The van der Waals surface area contributed by atoms with Crippen molar-refractivity contribution in [2.45, 2.75) is 27.0 Å². The number of carbonyl (C=O) groups is 1. The van der Waals surface area contributed by atoms with E-state index in [1.165, 1.54) is 0 Å². The summed E-state index contributed by atoms with van der Waals surface area (Å²) in [4.78, 5) is 11.8. The van der Waals surface area contributed by atoms with E-state index in [0.29, 0.717) is 23.2 Å². The summed E-state index contributed by atoms with van der Waals surface area (Å²) >= 11 is 12.1. The van der Waals surface area contributed by atoms with Gasteiger partial charge < -0.3 is 15.4 Å². The van der Waals surface area contributed by atoms with E-state index in [0.717, 1.165) is 28.3 Å². The van der Waals surface area contributed by atoms with E-state index in [4.69, 9.17) is 27.9 Å². The summed E-state index contributed by atoms with van der Waals surface area (Å²) in [6.45, 7) is 4.76. The zero-order valence-corrected chi connectivity index (χ0v) is 18.4. The highest BCUT2D eigenvalue weighted by atomic mass is 35.5. The molecule has 0 heterocycles. The minimum atomic E-state index is -0.0481. The molecule has 4 nitrogen and oxygen atoms in total. The summed E-state index contributed by atoms with van der Waals surface area (Å²) in [6, 6.07) is 20.9. The minimum Gasteiger partial charge on any atom is -0.489 e. The second-order valence-electron chi connectivity index (χ2n) is 7.25. The molecule has 0 aliphatic carbocycles. The molecule has 0 saturated carbocycles. The van der Waals surface area contributed by atoms with E-state index in [1.807, 2.05) is 68.4 Å². The van der Waals surface area contributed by atoms with Crippen LogP contribution in [0.5, 0.6) is 5.75 Å². The van der Waals surface area contributed by atoms with Crippen molar-refractivity contribution in [1.29, 1.82) is 0 Å². The van der Waals surface area contributed by atoms with Gasteiger partial charge in [0.15, 0.2) is 0 Å². The third kappa shape index (κ3) is 6.41. The quantitative estimate of drug-likeness (QED) is 0.404. The van der Waals surface area contributed by atoms with Gasteiger partial charge in [-0.3, -0.25) is 4.79 Å². The van der Waals surface area contributed by atoms with Crippen LogP contribution in [0.25, 0.3) is 0 Å². The highest BCUT2D eigenvalue weighted by molar-refractivity contribution is 6.35. The van der Waals surface area contributed by atoms with E-state index in [9.17, 15) is 4.79 Å². The molecule has 0 saturated heterocycles. The monoisotopic (exact) mass is 442 g/mol. The molecule has 3 aromatic rings. The molecule has 2 N–H and O–H groups in total. The Bertz CT molecular complexity index is 1000. The number of benzene rings is 3. The Morgan fingerprint density at radius 1 is 0.967 bits per heavy atom. The number of carbonyl (C=O) groups excluding carboxylic acids is 1. The van der Waals surface area contributed by atoms with Gasteiger partial charge in [0.25, 0.3) is 0 Å². The largest absolute Gasteiger partial charge is 0.489 e. The van der Waals surface area contributed by atoms with E-state index >= 15 is 0 Å². The first kappa shape index (κ1) is 22.0. The number of hydrogen-bond acceptors (Lipinski definition) is 3. The Balaban J connectivity index is 1.54. The molecule has 0 aromatic heterocycles. The van der Waals surface area contributed by atoms with Crippen LogP contribution in [0.15, 0.2) is 66.7 Å². The van der Waals surface area contributed by atoms with Crippen LogP contribution >= 0.6 is 23.2 Å². The van der Waals surface area contributed by atoms with Gasteiger partial charge in [-0.25, -0.2) is 0 Å². The molecule has 3 rings (SSSR count). The third-order valence-corrected chi connectivity index (χ3v) is 5.07. The molecule has 30 heavy (non-hydrogen) atoms. The van der Waals surface area contributed by atoms with Gasteiger partial charge in [0.2, 0.25) is 5.91 Å². The van der Waals surface area contributed by atoms with Gasteiger partial charge in [0, 0.05) is 39.4 Å². The summed E-state index contributed by atoms with van der Waals surface area (Å²) in [6.07, 6.45) is 0. The second-order valence-corrected chi connectivity index (χ2v) is 8.09. The average Bonchev–Trinajstić information content (AvgIpc) is 2.73. The van der Waals surface area contributed by atoms with Crippen molar-refractivity contribution in [3.05, 3.63) is 87.9 Å². The lowest BCUT2D eigenvalue weighted by molar-refractivity contribution is -0.118. The first-order valence-corrected chi connectivity index (χ1v) is 10.5. The number of halogens is 2. The molecule has 0 aliphatic rings. The fraction of sp³-hybridized carbons (Fsp3) is 0.208. The average molecular weight is 443 g/mol. The molecular formula is C24H24Cl2N2O2. The Morgan fingerprint density at radius 3 is 2.40 bits per heavy atom. The molecule has 1 amide bonds. The first-order chi connectivity index (χ1) is 14.4. The molecular weight excluding hydrogens is 419 g/mol. The van der Waals surface area contributed by atoms with Crippen LogP contribution in [0, 0.1) is 5.92 Å². The molecule has 3 aromatic carbocycles. The molecule has 6 heteroatoms. The first-order valence-electron chi connectivity index (χ1n) is 9.71. The Kier molecular flexibility index (Phi) is 7.61. The number of anilines is 2. The van der Waals surface area contributed by atoms with Crippen LogP contribution in [0.1, 0.15) is 25.0 Å². The number of amides is 1. The predicted molar refractivity (Wildman–Crippen MR) is 124 cm³/mol. The number of nitrogens with one attached hydrogen (secondary N) is 2. The van der Waals surface area contributed by atoms with Crippen LogP contribution in [0.4, 0.5) is 11.4 Å². The fourth-order valence-corrected chi connectivity index (χ4v) is 3.17. The summed E-state index contributed by atoms with van der Waals surface area (Å²) < 4.78 is 5.88.